The first kappa shape index (κ1) is 18.9. The third-order valence-electron chi connectivity index (χ3n) is 3.11. The van der Waals surface area contributed by atoms with Gasteiger partial charge in [0.15, 0.2) is 5.25 Å². The Kier molecular flexibility index (Phi) is 11.0. The molecular formula is C14H25N3O2S. The van der Waals surface area contributed by atoms with Gasteiger partial charge in [-0.15, -0.1) is 0 Å². The normalized spacial score (nSPS) is 12.6. The van der Waals surface area contributed by atoms with Gasteiger partial charge in [0, 0.05) is 13.0 Å². The van der Waals surface area contributed by atoms with E-state index in [1.54, 1.807) is 0 Å². The Balaban J connectivity index is 3.92. The molecule has 1 unspecified atom stereocenters. The summed E-state index contributed by atoms with van der Waals surface area (Å²) in [5.41, 5.74) is 0. The number of rotatable bonds is 12. The molecule has 0 amide bonds. The highest BCUT2D eigenvalue weighted by Gasteiger charge is 2.23. The topological polar surface area (TPSA) is 93.8 Å². The molecule has 0 saturated carbocycles. The molecule has 114 valence electrons. The van der Waals surface area contributed by atoms with Crippen LogP contribution in [0, 0.1) is 22.7 Å². The summed E-state index contributed by atoms with van der Waals surface area (Å²) in [4.78, 5) is 0. The van der Waals surface area contributed by atoms with Gasteiger partial charge < -0.3 is 0 Å². The molecule has 0 aliphatic heterocycles. The maximum atomic E-state index is 11.9. The third-order valence-corrected chi connectivity index (χ3v) is 4.80. The molecular weight excluding hydrogens is 274 g/mol. The summed E-state index contributed by atoms with van der Waals surface area (Å²) in [7, 11) is -3.51. The van der Waals surface area contributed by atoms with Gasteiger partial charge >= 0.3 is 0 Å². The highest BCUT2D eigenvalue weighted by Crippen LogP contribution is 2.10. The van der Waals surface area contributed by atoms with Gasteiger partial charge in [0.25, 0.3) is 0 Å². The molecule has 0 rings (SSSR count). The van der Waals surface area contributed by atoms with Crippen molar-refractivity contribution >= 4 is 10.0 Å². The number of hydrogen-bond acceptors (Lipinski definition) is 4. The van der Waals surface area contributed by atoms with Crippen LogP contribution in [0.3, 0.4) is 0 Å². The number of sulfonamides is 1. The molecule has 0 heterocycles. The molecule has 0 aromatic heterocycles. The molecule has 5 nitrogen and oxygen atoms in total. The summed E-state index contributed by atoms with van der Waals surface area (Å²) >= 11 is 0. The first-order chi connectivity index (χ1) is 9.58. The van der Waals surface area contributed by atoms with Crippen LogP contribution in [0.5, 0.6) is 0 Å². The van der Waals surface area contributed by atoms with Crippen LogP contribution in [0.1, 0.15) is 64.7 Å². The molecule has 0 aliphatic carbocycles. The zero-order valence-electron chi connectivity index (χ0n) is 12.3. The van der Waals surface area contributed by atoms with E-state index in [4.69, 9.17) is 10.5 Å². The molecule has 1 atom stereocenters. The van der Waals surface area contributed by atoms with Gasteiger partial charge in [0.2, 0.25) is 10.0 Å². The molecule has 6 heteroatoms. The third kappa shape index (κ3) is 8.90. The summed E-state index contributed by atoms with van der Waals surface area (Å²) in [5.74, 6) is 0. The van der Waals surface area contributed by atoms with E-state index in [2.05, 4.69) is 10.8 Å². The molecule has 0 saturated heterocycles. The molecule has 20 heavy (non-hydrogen) atoms. The van der Waals surface area contributed by atoms with E-state index in [0.717, 1.165) is 44.9 Å². The molecule has 0 bridgehead atoms. The molecule has 1 N–H and O–H groups in total. The fraction of sp³-hybridized carbons (Fsp3) is 0.857. The van der Waals surface area contributed by atoms with E-state index in [-0.39, 0.29) is 0 Å². The van der Waals surface area contributed by atoms with Gasteiger partial charge in [-0.25, -0.2) is 13.1 Å². The van der Waals surface area contributed by atoms with E-state index in [1.165, 1.54) is 0 Å². The highest BCUT2D eigenvalue weighted by atomic mass is 32.2. The van der Waals surface area contributed by atoms with Gasteiger partial charge in [-0.1, -0.05) is 39.0 Å². The standard InChI is InChI=1S/C14H25N3O2S/c1-2-3-7-10-14(13-16)20(18,19)17-12-9-6-4-5-8-11-15/h14,17H,2-10,12H2,1H3. The van der Waals surface area contributed by atoms with Crippen molar-refractivity contribution in [1.82, 2.24) is 4.72 Å². The summed E-state index contributed by atoms with van der Waals surface area (Å²) in [6.07, 6.45) is 7.13. The van der Waals surface area contributed by atoms with Crippen LogP contribution >= 0.6 is 0 Å². The van der Waals surface area contributed by atoms with Crippen LogP contribution in [0.4, 0.5) is 0 Å². The number of nitriles is 2. The Labute approximate surface area is 123 Å². The molecule has 0 aliphatic rings. The minimum Gasteiger partial charge on any atom is -0.214 e. The SMILES string of the molecule is CCCCCC(C#N)S(=O)(=O)NCCCCCCC#N. The number of nitrogens with one attached hydrogen (secondary N) is 1. The highest BCUT2D eigenvalue weighted by molar-refractivity contribution is 7.90. The average molecular weight is 299 g/mol. The lowest BCUT2D eigenvalue weighted by Gasteiger charge is -2.11. The van der Waals surface area contributed by atoms with Gasteiger partial charge in [0.1, 0.15) is 0 Å². The second-order valence-electron chi connectivity index (χ2n) is 4.88. The van der Waals surface area contributed by atoms with Crippen molar-refractivity contribution < 1.29 is 8.42 Å². The Hall–Kier alpha value is -1.11. The number of unbranched alkanes of at least 4 members (excludes halogenated alkanes) is 6. The largest absolute Gasteiger partial charge is 0.227 e. The summed E-state index contributed by atoms with van der Waals surface area (Å²) in [6.45, 7) is 2.42. The minimum atomic E-state index is -3.51. The van der Waals surface area contributed by atoms with Gasteiger partial charge in [0.05, 0.1) is 12.1 Å². The maximum absolute atomic E-state index is 11.9. The van der Waals surface area contributed by atoms with Crippen molar-refractivity contribution in [2.75, 3.05) is 6.54 Å². The van der Waals surface area contributed by atoms with E-state index in [1.807, 2.05) is 13.0 Å². The Morgan fingerprint density at radius 1 is 1.05 bits per heavy atom. The van der Waals surface area contributed by atoms with Crippen molar-refractivity contribution in [1.29, 1.82) is 10.5 Å². The average Bonchev–Trinajstić information content (AvgIpc) is 2.42. The van der Waals surface area contributed by atoms with Gasteiger partial charge in [-0.05, 0) is 19.3 Å². The monoisotopic (exact) mass is 299 g/mol. The maximum Gasteiger partial charge on any atom is 0.227 e. The number of hydrogen-bond donors (Lipinski definition) is 1. The molecule has 0 spiro atoms. The summed E-state index contributed by atoms with van der Waals surface area (Å²) in [5, 5.41) is 16.4. The second-order valence-corrected chi connectivity index (χ2v) is 6.82. The van der Waals surface area contributed by atoms with Gasteiger partial charge in [-0.3, -0.25) is 0 Å². The molecule has 0 aromatic rings. The van der Waals surface area contributed by atoms with Crippen molar-refractivity contribution in [2.24, 2.45) is 0 Å². The fourth-order valence-electron chi connectivity index (χ4n) is 1.87. The fourth-order valence-corrected chi connectivity index (χ4v) is 3.11. The number of nitrogens with zero attached hydrogens (tertiary/aromatic N) is 2. The zero-order valence-corrected chi connectivity index (χ0v) is 13.1. The smallest absolute Gasteiger partial charge is 0.214 e. The van der Waals surface area contributed by atoms with Crippen molar-refractivity contribution in [2.45, 2.75) is 70.0 Å². The van der Waals surface area contributed by atoms with Crippen LogP contribution in [0.2, 0.25) is 0 Å². The van der Waals surface area contributed by atoms with E-state index < -0.39 is 15.3 Å². The molecule has 0 fully saturated rings. The van der Waals surface area contributed by atoms with Crippen molar-refractivity contribution in [3.63, 3.8) is 0 Å². The van der Waals surface area contributed by atoms with E-state index in [9.17, 15) is 8.42 Å². The lowest BCUT2D eigenvalue weighted by atomic mass is 10.1. The van der Waals surface area contributed by atoms with E-state index >= 15 is 0 Å². The first-order valence-corrected chi connectivity index (χ1v) is 8.88. The predicted molar refractivity (Wildman–Crippen MR) is 79.2 cm³/mol. The summed E-state index contributed by atoms with van der Waals surface area (Å²) < 4.78 is 26.3. The van der Waals surface area contributed by atoms with E-state index in [0.29, 0.717) is 19.4 Å². The first-order valence-electron chi connectivity index (χ1n) is 7.33. The quantitative estimate of drug-likeness (QED) is 0.561. The van der Waals surface area contributed by atoms with Gasteiger partial charge in [-0.2, -0.15) is 10.5 Å². The lowest BCUT2D eigenvalue weighted by Crippen LogP contribution is -2.34. The van der Waals surface area contributed by atoms with Crippen LogP contribution in [-0.4, -0.2) is 20.2 Å². The second kappa shape index (κ2) is 11.7. The zero-order chi connectivity index (χ0) is 15.3. The lowest BCUT2D eigenvalue weighted by molar-refractivity contribution is 0.556. The van der Waals surface area contributed by atoms with Crippen LogP contribution < -0.4 is 4.72 Å². The van der Waals surface area contributed by atoms with Crippen LogP contribution in [0.15, 0.2) is 0 Å². The summed E-state index contributed by atoms with van der Waals surface area (Å²) in [6, 6.07) is 3.97. The Bertz CT molecular complexity index is 421. The Morgan fingerprint density at radius 3 is 2.35 bits per heavy atom. The Morgan fingerprint density at radius 2 is 1.75 bits per heavy atom. The van der Waals surface area contributed by atoms with Crippen molar-refractivity contribution in [3.05, 3.63) is 0 Å². The predicted octanol–water partition coefficient (Wildman–Crippen LogP) is 2.85. The molecule has 0 radical (unpaired) electrons. The van der Waals surface area contributed by atoms with Crippen LogP contribution in [0.25, 0.3) is 0 Å². The van der Waals surface area contributed by atoms with Crippen molar-refractivity contribution in [3.8, 4) is 12.1 Å². The van der Waals surface area contributed by atoms with Crippen LogP contribution in [-0.2, 0) is 10.0 Å². The molecule has 0 aromatic carbocycles. The minimum absolute atomic E-state index is 0.376.